The Hall–Kier alpha value is -2.61. The number of benzene rings is 1. The fourth-order valence-corrected chi connectivity index (χ4v) is 2.98. The van der Waals surface area contributed by atoms with Crippen molar-refractivity contribution >= 4 is 26.6 Å². The molecule has 2 aromatic heterocycles. The lowest BCUT2D eigenvalue weighted by Crippen LogP contribution is -2.20. The predicted octanol–water partition coefficient (Wildman–Crippen LogP) is 2.71. The van der Waals surface area contributed by atoms with Crippen LogP contribution in [-0.2, 0) is 7.05 Å². The third-order valence-electron chi connectivity index (χ3n) is 3.06. The highest BCUT2D eigenvalue weighted by Crippen LogP contribution is 2.35. The van der Waals surface area contributed by atoms with Crippen molar-refractivity contribution in [2.45, 2.75) is 0 Å². The van der Waals surface area contributed by atoms with Crippen LogP contribution < -0.4 is 5.69 Å². The minimum Gasteiger partial charge on any atom is -0.286 e. The standard InChI is InChI=1S/C13H8FN3O3S/c1-16-12-8(6-10(21-12)17(19)20)11(15-13(16)18)7-4-2-3-5-9(7)14/h2-6H,1H3. The fourth-order valence-electron chi connectivity index (χ4n) is 2.05. The van der Waals surface area contributed by atoms with Crippen LogP contribution in [0, 0.1) is 15.9 Å². The molecule has 6 nitrogen and oxygen atoms in total. The van der Waals surface area contributed by atoms with Crippen LogP contribution in [0.3, 0.4) is 0 Å². The maximum Gasteiger partial charge on any atom is 0.348 e. The largest absolute Gasteiger partial charge is 0.348 e. The molecule has 0 aliphatic carbocycles. The topological polar surface area (TPSA) is 78.0 Å². The van der Waals surface area contributed by atoms with Crippen LogP contribution in [0.1, 0.15) is 0 Å². The van der Waals surface area contributed by atoms with Crippen LogP contribution in [0.4, 0.5) is 9.39 Å². The molecule has 2 heterocycles. The average molecular weight is 305 g/mol. The number of nitrogens with zero attached hydrogens (tertiary/aromatic N) is 3. The molecule has 0 unspecified atom stereocenters. The molecule has 1 aromatic carbocycles. The molecule has 0 atom stereocenters. The molecular formula is C13H8FN3O3S. The second kappa shape index (κ2) is 4.74. The average Bonchev–Trinajstić information content (AvgIpc) is 2.89. The van der Waals surface area contributed by atoms with Crippen molar-refractivity contribution in [3.63, 3.8) is 0 Å². The Balaban J connectivity index is 2.43. The maximum atomic E-state index is 13.9. The maximum absolute atomic E-state index is 13.9. The van der Waals surface area contributed by atoms with E-state index in [4.69, 9.17) is 0 Å². The van der Waals surface area contributed by atoms with E-state index in [1.165, 1.54) is 35.9 Å². The second-order valence-electron chi connectivity index (χ2n) is 4.34. The molecule has 21 heavy (non-hydrogen) atoms. The van der Waals surface area contributed by atoms with E-state index in [-0.39, 0.29) is 16.3 Å². The zero-order chi connectivity index (χ0) is 15.1. The molecule has 0 radical (unpaired) electrons. The van der Waals surface area contributed by atoms with Crippen molar-refractivity contribution in [1.82, 2.24) is 9.55 Å². The van der Waals surface area contributed by atoms with Gasteiger partial charge in [0.1, 0.15) is 10.6 Å². The van der Waals surface area contributed by atoms with Crippen molar-refractivity contribution in [2.75, 3.05) is 0 Å². The number of hydrogen-bond donors (Lipinski definition) is 0. The summed E-state index contributed by atoms with van der Waals surface area (Å²) in [4.78, 5) is 26.5. The Morgan fingerprint density at radius 3 is 2.76 bits per heavy atom. The smallest absolute Gasteiger partial charge is 0.286 e. The first kappa shape index (κ1) is 13.4. The van der Waals surface area contributed by atoms with E-state index in [1.54, 1.807) is 6.07 Å². The summed E-state index contributed by atoms with van der Waals surface area (Å²) in [7, 11) is 1.48. The van der Waals surface area contributed by atoms with Gasteiger partial charge in [0.25, 0.3) is 0 Å². The predicted molar refractivity (Wildman–Crippen MR) is 76.9 cm³/mol. The molecule has 0 saturated carbocycles. The van der Waals surface area contributed by atoms with E-state index in [0.29, 0.717) is 10.2 Å². The number of fused-ring (bicyclic) bond motifs is 1. The summed E-state index contributed by atoms with van der Waals surface area (Å²) in [6, 6.07) is 7.19. The lowest BCUT2D eigenvalue weighted by atomic mass is 10.1. The van der Waals surface area contributed by atoms with E-state index >= 15 is 0 Å². The SMILES string of the molecule is Cn1c(=O)nc(-c2ccccc2F)c2cc([N+](=O)[O-])sc21. The van der Waals surface area contributed by atoms with Gasteiger partial charge in [-0.2, -0.15) is 4.98 Å². The number of nitro groups is 1. The van der Waals surface area contributed by atoms with Crippen molar-refractivity contribution in [3.8, 4) is 11.3 Å². The summed E-state index contributed by atoms with van der Waals surface area (Å²) < 4.78 is 15.1. The lowest BCUT2D eigenvalue weighted by Gasteiger charge is -2.05. The van der Waals surface area contributed by atoms with Gasteiger partial charge in [-0.3, -0.25) is 14.7 Å². The van der Waals surface area contributed by atoms with E-state index in [2.05, 4.69) is 4.98 Å². The van der Waals surface area contributed by atoms with Gasteiger partial charge in [-0.05, 0) is 23.5 Å². The normalized spacial score (nSPS) is 11.0. The van der Waals surface area contributed by atoms with Gasteiger partial charge in [-0.15, -0.1) is 0 Å². The Bertz CT molecular complexity index is 932. The summed E-state index contributed by atoms with van der Waals surface area (Å²) >= 11 is 0.862. The summed E-state index contributed by atoms with van der Waals surface area (Å²) in [6.45, 7) is 0. The van der Waals surface area contributed by atoms with Gasteiger partial charge in [0.15, 0.2) is 0 Å². The third kappa shape index (κ3) is 2.09. The molecule has 0 N–H and O–H groups in total. The van der Waals surface area contributed by atoms with Crippen molar-refractivity contribution < 1.29 is 9.31 Å². The first-order valence-corrected chi connectivity index (χ1v) is 6.70. The summed E-state index contributed by atoms with van der Waals surface area (Å²) in [6.07, 6.45) is 0. The Morgan fingerprint density at radius 2 is 2.10 bits per heavy atom. The monoisotopic (exact) mass is 305 g/mol. The highest BCUT2D eigenvalue weighted by atomic mass is 32.1. The van der Waals surface area contributed by atoms with Gasteiger partial charge in [0.2, 0.25) is 0 Å². The van der Waals surface area contributed by atoms with Crippen molar-refractivity contribution in [2.24, 2.45) is 7.05 Å². The molecule has 3 rings (SSSR count). The third-order valence-corrected chi connectivity index (χ3v) is 4.23. The Kier molecular flexibility index (Phi) is 3.02. The number of thiophene rings is 1. The van der Waals surface area contributed by atoms with Gasteiger partial charge in [-0.25, -0.2) is 9.18 Å². The molecule has 8 heteroatoms. The molecule has 0 bridgehead atoms. The van der Waals surface area contributed by atoms with Crippen LogP contribution in [0.5, 0.6) is 0 Å². The minimum absolute atomic E-state index is 0.120. The second-order valence-corrected chi connectivity index (χ2v) is 5.35. The molecule has 0 aliphatic rings. The summed E-state index contributed by atoms with van der Waals surface area (Å²) in [5.41, 5.74) is -0.319. The van der Waals surface area contributed by atoms with Crippen LogP contribution in [0.25, 0.3) is 21.5 Å². The van der Waals surface area contributed by atoms with Gasteiger partial charge >= 0.3 is 10.7 Å². The summed E-state index contributed by atoms with van der Waals surface area (Å²) in [5, 5.41) is 11.2. The number of aryl methyl sites for hydroxylation is 1. The van der Waals surface area contributed by atoms with E-state index in [1.807, 2.05) is 0 Å². The highest BCUT2D eigenvalue weighted by Gasteiger charge is 2.20. The van der Waals surface area contributed by atoms with Gasteiger partial charge in [0.05, 0.1) is 10.6 Å². The zero-order valence-electron chi connectivity index (χ0n) is 10.7. The van der Waals surface area contributed by atoms with E-state index in [0.717, 1.165) is 11.3 Å². The number of halogens is 1. The molecule has 106 valence electrons. The fraction of sp³-hybridized carbons (Fsp3) is 0.0769. The zero-order valence-corrected chi connectivity index (χ0v) is 11.6. The molecule has 0 saturated heterocycles. The Labute approximate surface area is 121 Å². The minimum atomic E-state index is -0.586. The highest BCUT2D eigenvalue weighted by molar-refractivity contribution is 7.21. The molecule has 3 aromatic rings. The first-order valence-electron chi connectivity index (χ1n) is 5.89. The molecular weight excluding hydrogens is 297 g/mol. The van der Waals surface area contributed by atoms with Crippen LogP contribution >= 0.6 is 11.3 Å². The van der Waals surface area contributed by atoms with E-state index < -0.39 is 16.4 Å². The van der Waals surface area contributed by atoms with Crippen molar-refractivity contribution in [3.05, 3.63) is 56.7 Å². The lowest BCUT2D eigenvalue weighted by molar-refractivity contribution is -0.380. The molecule has 0 amide bonds. The van der Waals surface area contributed by atoms with Crippen molar-refractivity contribution in [1.29, 1.82) is 0 Å². The molecule has 0 spiro atoms. The number of hydrogen-bond acceptors (Lipinski definition) is 5. The van der Waals surface area contributed by atoms with Crippen LogP contribution in [0.2, 0.25) is 0 Å². The summed E-state index contributed by atoms with van der Waals surface area (Å²) in [5.74, 6) is -0.534. The van der Waals surface area contributed by atoms with E-state index in [9.17, 15) is 19.3 Å². The molecule has 0 aliphatic heterocycles. The quantitative estimate of drug-likeness (QED) is 0.538. The number of rotatable bonds is 2. The van der Waals surface area contributed by atoms with Gasteiger partial charge < -0.3 is 0 Å². The van der Waals surface area contributed by atoms with Crippen LogP contribution in [0.15, 0.2) is 35.1 Å². The first-order chi connectivity index (χ1) is 9.99. The Morgan fingerprint density at radius 1 is 1.38 bits per heavy atom. The molecule has 0 fully saturated rings. The van der Waals surface area contributed by atoms with Gasteiger partial charge in [0, 0.05) is 24.1 Å². The number of aromatic nitrogens is 2. The van der Waals surface area contributed by atoms with Gasteiger partial charge in [-0.1, -0.05) is 12.1 Å². The van der Waals surface area contributed by atoms with Crippen LogP contribution in [-0.4, -0.2) is 14.5 Å².